The summed E-state index contributed by atoms with van der Waals surface area (Å²) in [5, 5.41) is 0. The van der Waals surface area contributed by atoms with Gasteiger partial charge in [-0.05, 0) is 24.1 Å². The SMILES string of the molecule is CCc1cccc(OCCOCC(F)(F)F)c1. The van der Waals surface area contributed by atoms with E-state index in [2.05, 4.69) is 4.74 Å². The number of alkyl halides is 3. The van der Waals surface area contributed by atoms with Gasteiger partial charge in [0, 0.05) is 0 Å². The highest BCUT2D eigenvalue weighted by Crippen LogP contribution is 2.15. The molecule has 0 aliphatic rings. The lowest BCUT2D eigenvalue weighted by molar-refractivity contribution is -0.175. The lowest BCUT2D eigenvalue weighted by Gasteiger charge is -2.09. The molecule has 0 spiro atoms. The van der Waals surface area contributed by atoms with Crippen LogP contribution in [-0.2, 0) is 11.2 Å². The Morgan fingerprint density at radius 3 is 2.59 bits per heavy atom. The van der Waals surface area contributed by atoms with Crippen LogP contribution in [0, 0.1) is 0 Å². The fourth-order valence-electron chi connectivity index (χ4n) is 1.26. The molecule has 5 heteroatoms. The molecule has 0 amide bonds. The topological polar surface area (TPSA) is 18.5 Å². The van der Waals surface area contributed by atoms with E-state index >= 15 is 0 Å². The van der Waals surface area contributed by atoms with E-state index in [0.29, 0.717) is 5.75 Å². The molecule has 0 bridgehead atoms. The van der Waals surface area contributed by atoms with Crippen LogP contribution in [0.3, 0.4) is 0 Å². The Kier molecular flexibility index (Phi) is 5.28. The lowest BCUT2D eigenvalue weighted by Crippen LogP contribution is -2.19. The minimum Gasteiger partial charge on any atom is -0.491 e. The predicted octanol–water partition coefficient (Wildman–Crippen LogP) is 3.21. The summed E-state index contributed by atoms with van der Waals surface area (Å²) in [6, 6.07) is 7.45. The van der Waals surface area contributed by atoms with E-state index < -0.39 is 12.8 Å². The average Bonchev–Trinajstić information content (AvgIpc) is 2.27. The van der Waals surface area contributed by atoms with Gasteiger partial charge < -0.3 is 9.47 Å². The Balaban J connectivity index is 2.22. The summed E-state index contributed by atoms with van der Waals surface area (Å²) in [6.45, 7) is 0.829. The summed E-state index contributed by atoms with van der Waals surface area (Å²) in [5.41, 5.74) is 1.12. The Bertz CT molecular complexity index is 337. The molecule has 0 fully saturated rings. The standard InChI is InChI=1S/C12H15F3O2/c1-2-10-4-3-5-11(8-10)17-7-6-16-9-12(13,14)15/h3-5,8H,2,6-7,9H2,1H3. The van der Waals surface area contributed by atoms with Gasteiger partial charge in [0.25, 0.3) is 0 Å². The molecule has 1 rings (SSSR count). The highest BCUT2D eigenvalue weighted by atomic mass is 19.4. The van der Waals surface area contributed by atoms with Gasteiger partial charge in [-0.1, -0.05) is 19.1 Å². The molecule has 0 unspecified atom stereocenters. The second kappa shape index (κ2) is 6.49. The third-order valence-electron chi connectivity index (χ3n) is 2.07. The molecule has 0 heterocycles. The fourth-order valence-corrected chi connectivity index (χ4v) is 1.26. The molecule has 17 heavy (non-hydrogen) atoms. The number of rotatable bonds is 6. The number of aryl methyl sites for hydroxylation is 1. The summed E-state index contributed by atoms with van der Waals surface area (Å²) < 4.78 is 44.9. The number of benzene rings is 1. The van der Waals surface area contributed by atoms with Crippen molar-refractivity contribution in [2.75, 3.05) is 19.8 Å². The number of hydrogen-bond acceptors (Lipinski definition) is 2. The van der Waals surface area contributed by atoms with Gasteiger partial charge in [0.15, 0.2) is 0 Å². The van der Waals surface area contributed by atoms with Crippen LogP contribution in [0.5, 0.6) is 5.75 Å². The molecule has 0 aliphatic carbocycles. The molecule has 2 nitrogen and oxygen atoms in total. The maximum atomic E-state index is 11.7. The van der Waals surface area contributed by atoms with Crippen LogP contribution in [-0.4, -0.2) is 26.0 Å². The van der Waals surface area contributed by atoms with Gasteiger partial charge in [0.1, 0.15) is 19.0 Å². The number of ether oxygens (including phenoxy) is 2. The second-order valence-electron chi connectivity index (χ2n) is 3.52. The van der Waals surface area contributed by atoms with Crippen molar-refractivity contribution in [3.8, 4) is 5.75 Å². The molecule has 1 aromatic carbocycles. The Hall–Kier alpha value is -1.23. The molecular formula is C12H15F3O2. The first-order chi connectivity index (χ1) is 8.01. The van der Waals surface area contributed by atoms with Crippen molar-refractivity contribution in [3.05, 3.63) is 29.8 Å². The third kappa shape index (κ3) is 6.16. The summed E-state index contributed by atoms with van der Waals surface area (Å²) in [5.74, 6) is 0.653. The molecule has 0 radical (unpaired) electrons. The normalized spacial score (nSPS) is 11.5. The van der Waals surface area contributed by atoms with E-state index in [4.69, 9.17) is 4.74 Å². The monoisotopic (exact) mass is 248 g/mol. The minimum absolute atomic E-state index is 0.0735. The van der Waals surface area contributed by atoms with E-state index in [1.807, 2.05) is 25.1 Å². The molecule has 96 valence electrons. The maximum Gasteiger partial charge on any atom is 0.411 e. The molecule has 0 aliphatic heterocycles. The summed E-state index contributed by atoms with van der Waals surface area (Å²) in [6.07, 6.45) is -3.39. The van der Waals surface area contributed by atoms with Crippen LogP contribution in [0.25, 0.3) is 0 Å². The van der Waals surface area contributed by atoms with Crippen LogP contribution in [0.2, 0.25) is 0 Å². The summed E-state index contributed by atoms with van der Waals surface area (Å²) in [4.78, 5) is 0. The maximum absolute atomic E-state index is 11.7. The first kappa shape index (κ1) is 13.8. The number of halogens is 3. The average molecular weight is 248 g/mol. The Morgan fingerprint density at radius 1 is 1.18 bits per heavy atom. The van der Waals surface area contributed by atoms with Gasteiger partial charge in [-0.3, -0.25) is 0 Å². The van der Waals surface area contributed by atoms with E-state index in [0.717, 1.165) is 12.0 Å². The van der Waals surface area contributed by atoms with Crippen LogP contribution in [0.4, 0.5) is 13.2 Å². The van der Waals surface area contributed by atoms with Crippen molar-refractivity contribution in [3.63, 3.8) is 0 Å². The van der Waals surface area contributed by atoms with E-state index in [-0.39, 0.29) is 13.2 Å². The highest BCUT2D eigenvalue weighted by Gasteiger charge is 2.27. The van der Waals surface area contributed by atoms with Gasteiger partial charge in [0.05, 0.1) is 6.61 Å². The van der Waals surface area contributed by atoms with E-state index in [1.165, 1.54) is 0 Å². The van der Waals surface area contributed by atoms with Gasteiger partial charge in [-0.15, -0.1) is 0 Å². The Labute approximate surface area is 98.3 Å². The Morgan fingerprint density at radius 2 is 1.94 bits per heavy atom. The van der Waals surface area contributed by atoms with Crippen molar-refractivity contribution in [1.29, 1.82) is 0 Å². The molecule has 0 N–H and O–H groups in total. The third-order valence-corrected chi connectivity index (χ3v) is 2.07. The molecule has 0 saturated heterocycles. The molecule has 0 atom stereocenters. The summed E-state index contributed by atoms with van der Waals surface area (Å²) in [7, 11) is 0. The first-order valence-corrected chi connectivity index (χ1v) is 5.37. The second-order valence-corrected chi connectivity index (χ2v) is 3.52. The fraction of sp³-hybridized carbons (Fsp3) is 0.500. The minimum atomic E-state index is -4.28. The van der Waals surface area contributed by atoms with Crippen molar-refractivity contribution in [2.45, 2.75) is 19.5 Å². The lowest BCUT2D eigenvalue weighted by atomic mass is 10.2. The first-order valence-electron chi connectivity index (χ1n) is 5.37. The van der Waals surface area contributed by atoms with E-state index in [1.54, 1.807) is 6.07 Å². The molecule has 0 aromatic heterocycles. The van der Waals surface area contributed by atoms with Crippen molar-refractivity contribution in [2.24, 2.45) is 0 Å². The van der Waals surface area contributed by atoms with Crippen LogP contribution >= 0.6 is 0 Å². The predicted molar refractivity (Wildman–Crippen MR) is 58.2 cm³/mol. The zero-order valence-electron chi connectivity index (χ0n) is 9.59. The molecule has 1 aromatic rings. The van der Waals surface area contributed by atoms with Crippen LogP contribution in [0.1, 0.15) is 12.5 Å². The smallest absolute Gasteiger partial charge is 0.411 e. The van der Waals surface area contributed by atoms with Gasteiger partial charge in [-0.25, -0.2) is 0 Å². The van der Waals surface area contributed by atoms with Crippen LogP contribution in [0.15, 0.2) is 24.3 Å². The van der Waals surface area contributed by atoms with Crippen LogP contribution < -0.4 is 4.74 Å². The van der Waals surface area contributed by atoms with Gasteiger partial charge in [0.2, 0.25) is 0 Å². The zero-order valence-corrected chi connectivity index (χ0v) is 9.59. The zero-order chi connectivity index (χ0) is 12.7. The van der Waals surface area contributed by atoms with E-state index in [9.17, 15) is 13.2 Å². The summed E-state index contributed by atoms with van der Waals surface area (Å²) >= 11 is 0. The highest BCUT2D eigenvalue weighted by molar-refractivity contribution is 5.28. The van der Waals surface area contributed by atoms with Crippen molar-refractivity contribution in [1.82, 2.24) is 0 Å². The van der Waals surface area contributed by atoms with Gasteiger partial charge in [-0.2, -0.15) is 13.2 Å². The van der Waals surface area contributed by atoms with Crippen molar-refractivity contribution < 1.29 is 22.6 Å². The van der Waals surface area contributed by atoms with Gasteiger partial charge >= 0.3 is 6.18 Å². The largest absolute Gasteiger partial charge is 0.491 e. The van der Waals surface area contributed by atoms with Crippen molar-refractivity contribution >= 4 is 0 Å². The molecular weight excluding hydrogens is 233 g/mol. The quantitative estimate of drug-likeness (QED) is 0.720. The number of hydrogen-bond donors (Lipinski definition) is 0. The molecule has 0 saturated carbocycles.